The molecule has 0 saturated heterocycles. The van der Waals surface area contributed by atoms with Gasteiger partial charge in [0.05, 0.1) is 5.56 Å². The number of nitrogens with two attached hydrogens (primary N) is 1. The Morgan fingerprint density at radius 1 is 1.24 bits per heavy atom. The third-order valence-corrected chi connectivity index (χ3v) is 2.98. The van der Waals surface area contributed by atoms with Crippen molar-refractivity contribution < 1.29 is 4.79 Å². The first kappa shape index (κ1) is 13.7. The van der Waals surface area contributed by atoms with Crippen molar-refractivity contribution in [2.75, 3.05) is 0 Å². The maximum absolute atomic E-state index is 11.2. The Morgan fingerprint density at radius 3 is 2.65 bits per heavy atom. The number of pyridine rings is 1. The molecule has 0 aliphatic heterocycles. The molecule has 0 aliphatic rings. The van der Waals surface area contributed by atoms with Crippen molar-refractivity contribution in [2.45, 2.75) is 51.9 Å². The van der Waals surface area contributed by atoms with Crippen LogP contribution in [0, 0.1) is 0 Å². The fourth-order valence-electron chi connectivity index (χ4n) is 1.96. The van der Waals surface area contributed by atoms with E-state index in [9.17, 15) is 4.79 Å². The van der Waals surface area contributed by atoms with Crippen LogP contribution in [0.4, 0.5) is 0 Å². The third-order valence-electron chi connectivity index (χ3n) is 2.98. The summed E-state index contributed by atoms with van der Waals surface area (Å²) in [5, 5.41) is 0. The molecule has 1 amide bonds. The summed E-state index contributed by atoms with van der Waals surface area (Å²) < 4.78 is 0. The lowest BCUT2D eigenvalue weighted by molar-refractivity contribution is 0.0999. The van der Waals surface area contributed by atoms with Gasteiger partial charge < -0.3 is 5.73 Å². The van der Waals surface area contributed by atoms with Gasteiger partial charge in [-0.1, -0.05) is 39.0 Å². The highest BCUT2D eigenvalue weighted by atomic mass is 16.1. The molecule has 2 N–H and O–H groups in total. The van der Waals surface area contributed by atoms with Crippen molar-refractivity contribution in [3.63, 3.8) is 0 Å². The number of amides is 1. The minimum absolute atomic E-state index is 0.376. The van der Waals surface area contributed by atoms with Crippen LogP contribution in [0.3, 0.4) is 0 Å². The van der Waals surface area contributed by atoms with Gasteiger partial charge in [0, 0.05) is 12.4 Å². The van der Waals surface area contributed by atoms with Crippen LogP contribution in [0.2, 0.25) is 0 Å². The zero-order valence-electron chi connectivity index (χ0n) is 10.6. The second-order valence-electron chi connectivity index (χ2n) is 4.41. The normalized spacial score (nSPS) is 10.4. The topological polar surface area (TPSA) is 56.0 Å². The van der Waals surface area contributed by atoms with Gasteiger partial charge in [0.15, 0.2) is 0 Å². The molecule has 0 spiro atoms. The van der Waals surface area contributed by atoms with E-state index in [-0.39, 0.29) is 5.91 Å². The molecule has 0 radical (unpaired) electrons. The number of rotatable bonds is 8. The molecule has 17 heavy (non-hydrogen) atoms. The van der Waals surface area contributed by atoms with Crippen molar-refractivity contribution in [1.82, 2.24) is 4.98 Å². The summed E-state index contributed by atoms with van der Waals surface area (Å²) in [7, 11) is 0. The van der Waals surface area contributed by atoms with E-state index in [1.165, 1.54) is 32.1 Å². The first-order valence-electron chi connectivity index (χ1n) is 6.48. The van der Waals surface area contributed by atoms with E-state index in [1.807, 2.05) is 6.07 Å². The zero-order valence-corrected chi connectivity index (χ0v) is 10.6. The van der Waals surface area contributed by atoms with Gasteiger partial charge in [-0.05, 0) is 24.5 Å². The highest BCUT2D eigenvalue weighted by Crippen LogP contribution is 2.12. The molecule has 0 atom stereocenters. The molecule has 0 bridgehead atoms. The van der Waals surface area contributed by atoms with E-state index in [0.29, 0.717) is 5.56 Å². The number of nitrogens with zero attached hydrogens (tertiary/aromatic N) is 1. The van der Waals surface area contributed by atoms with E-state index in [1.54, 1.807) is 12.4 Å². The van der Waals surface area contributed by atoms with Crippen LogP contribution in [0.1, 0.15) is 61.4 Å². The van der Waals surface area contributed by atoms with E-state index in [0.717, 1.165) is 18.4 Å². The monoisotopic (exact) mass is 234 g/mol. The largest absolute Gasteiger partial charge is 0.366 e. The van der Waals surface area contributed by atoms with Gasteiger partial charge in [-0.15, -0.1) is 0 Å². The van der Waals surface area contributed by atoms with Crippen LogP contribution >= 0.6 is 0 Å². The van der Waals surface area contributed by atoms with Crippen molar-refractivity contribution in [3.8, 4) is 0 Å². The molecule has 1 rings (SSSR count). The lowest BCUT2D eigenvalue weighted by atomic mass is 10.0. The van der Waals surface area contributed by atoms with Gasteiger partial charge in [-0.3, -0.25) is 9.78 Å². The van der Waals surface area contributed by atoms with Gasteiger partial charge in [-0.25, -0.2) is 0 Å². The van der Waals surface area contributed by atoms with Crippen molar-refractivity contribution in [3.05, 3.63) is 29.6 Å². The molecule has 1 aromatic heterocycles. The lowest BCUT2D eigenvalue weighted by Crippen LogP contribution is -2.14. The molecule has 3 nitrogen and oxygen atoms in total. The Bertz CT molecular complexity index is 350. The number of hydrogen-bond acceptors (Lipinski definition) is 2. The Labute approximate surface area is 103 Å². The molecule has 0 aromatic carbocycles. The number of primary amides is 1. The molecule has 0 aliphatic carbocycles. The van der Waals surface area contributed by atoms with Crippen LogP contribution in [-0.2, 0) is 6.42 Å². The summed E-state index contributed by atoms with van der Waals surface area (Å²) in [5.74, 6) is -0.376. The van der Waals surface area contributed by atoms with E-state index < -0.39 is 0 Å². The van der Waals surface area contributed by atoms with Gasteiger partial charge >= 0.3 is 0 Å². The zero-order chi connectivity index (χ0) is 12.5. The highest BCUT2D eigenvalue weighted by Gasteiger charge is 2.06. The summed E-state index contributed by atoms with van der Waals surface area (Å²) in [6.45, 7) is 2.22. The SMILES string of the molecule is CCCCCCCCc1ccncc1C(N)=O. The molecular weight excluding hydrogens is 212 g/mol. The Kier molecular flexibility index (Phi) is 6.30. The Hall–Kier alpha value is -1.38. The average molecular weight is 234 g/mol. The quantitative estimate of drug-likeness (QED) is 0.703. The molecule has 0 fully saturated rings. The lowest BCUT2D eigenvalue weighted by Gasteiger charge is -2.05. The maximum atomic E-state index is 11.2. The molecule has 1 heterocycles. The minimum Gasteiger partial charge on any atom is -0.366 e. The van der Waals surface area contributed by atoms with E-state index in [2.05, 4.69) is 11.9 Å². The van der Waals surface area contributed by atoms with Crippen LogP contribution < -0.4 is 5.73 Å². The number of hydrogen-bond donors (Lipinski definition) is 1. The van der Waals surface area contributed by atoms with E-state index >= 15 is 0 Å². The average Bonchev–Trinajstić information content (AvgIpc) is 2.34. The first-order valence-corrected chi connectivity index (χ1v) is 6.48. The molecule has 94 valence electrons. The predicted octanol–water partition coefficient (Wildman–Crippen LogP) is 3.08. The Balaban J connectivity index is 2.34. The summed E-state index contributed by atoms with van der Waals surface area (Å²) in [4.78, 5) is 15.1. The predicted molar refractivity (Wildman–Crippen MR) is 69.8 cm³/mol. The molecular formula is C14H22N2O. The second-order valence-corrected chi connectivity index (χ2v) is 4.41. The fourth-order valence-corrected chi connectivity index (χ4v) is 1.96. The number of aromatic nitrogens is 1. The maximum Gasteiger partial charge on any atom is 0.250 e. The van der Waals surface area contributed by atoms with Crippen LogP contribution in [0.25, 0.3) is 0 Å². The number of aryl methyl sites for hydroxylation is 1. The summed E-state index contributed by atoms with van der Waals surface area (Å²) >= 11 is 0. The number of carbonyl (C=O) groups excluding carboxylic acids is 1. The van der Waals surface area contributed by atoms with Crippen LogP contribution in [0.15, 0.2) is 18.5 Å². The molecule has 0 saturated carbocycles. The van der Waals surface area contributed by atoms with Gasteiger partial charge in [-0.2, -0.15) is 0 Å². The standard InChI is InChI=1S/C14H22N2O/c1-2-3-4-5-6-7-8-12-9-10-16-11-13(12)14(15)17/h9-11H,2-8H2,1H3,(H2,15,17). The summed E-state index contributed by atoms with van der Waals surface area (Å²) in [6.07, 6.45) is 11.7. The van der Waals surface area contributed by atoms with E-state index in [4.69, 9.17) is 5.73 Å². The second kappa shape index (κ2) is 7.82. The van der Waals surface area contributed by atoms with Crippen molar-refractivity contribution >= 4 is 5.91 Å². The number of carbonyl (C=O) groups is 1. The number of unbranched alkanes of at least 4 members (excludes halogenated alkanes) is 5. The van der Waals surface area contributed by atoms with Crippen molar-refractivity contribution in [1.29, 1.82) is 0 Å². The highest BCUT2D eigenvalue weighted by molar-refractivity contribution is 5.93. The van der Waals surface area contributed by atoms with Gasteiger partial charge in [0.1, 0.15) is 0 Å². The third kappa shape index (κ3) is 4.98. The Morgan fingerprint density at radius 2 is 1.94 bits per heavy atom. The first-order chi connectivity index (χ1) is 8.25. The fraction of sp³-hybridized carbons (Fsp3) is 0.571. The molecule has 0 unspecified atom stereocenters. The summed E-state index contributed by atoms with van der Waals surface area (Å²) in [6, 6.07) is 1.89. The van der Waals surface area contributed by atoms with Crippen LogP contribution in [0.5, 0.6) is 0 Å². The van der Waals surface area contributed by atoms with Gasteiger partial charge in [0.25, 0.3) is 5.91 Å². The van der Waals surface area contributed by atoms with Crippen molar-refractivity contribution in [2.24, 2.45) is 5.73 Å². The van der Waals surface area contributed by atoms with Gasteiger partial charge in [0.2, 0.25) is 0 Å². The smallest absolute Gasteiger partial charge is 0.250 e. The molecule has 1 aromatic rings. The van der Waals surface area contributed by atoms with Crippen LogP contribution in [-0.4, -0.2) is 10.9 Å². The molecule has 3 heteroatoms. The summed E-state index contributed by atoms with van der Waals surface area (Å²) in [5.41, 5.74) is 6.91. The minimum atomic E-state index is -0.376.